The maximum Gasteiger partial charge on any atom is 0.287 e. The SMILES string of the molecule is O=C(NC1CC2CCC1N2)c1ccc(-c2ccsc2)o1. The van der Waals surface area contributed by atoms with Gasteiger partial charge in [0, 0.05) is 29.1 Å². The van der Waals surface area contributed by atoms with E-state index < -0.39 is 0 Å². The van der Waals surface area contributed by atoms with E-state index in [1.54, 1.807) is 17.4 Å². The third kappa shape index (κ3) is 2.07. The number of carbonyl (C=O) groups is 1. The van der Waals surface area contributed by atoms with Gasteiger partial charge in [-0.1, -0.05) is 0 Å². The predicted molar refractivity (Wildman–Crippen MR) is 77.8 cm³/mol. The molecule has 2 bridgehead atoms. The summed E-state index contributed by atoms with van der Waals surface area (Å²) >= 11 is 1.62. The second-order valence-corrected chi connectivity index (χ2v) is 6.32. The Morgan fingerprint density at radius 2 is 2.30 bits per heavy atom. The van der Waals surface area contributed by atoms with Crippen LogP contribution in [0.2, 0.25) is 0 Å². The molecule has 0 saturated carbocycles. The number of thiophene rings is 1. The van der Waals surface area contributed by atoms with E-state index in [1.165, 1.54) is 6.42 Å². The third-order valence-electron chi connectivity index (χ3n) is 4.25. The van der Waals surface area contributed by atoms with Crippen LogP contribution in [0.5, 0.6) is 0 Å². The number of rotatable bonds is 3. The van der Waals surface area contributed by atoms with Crippen LogP contribution in [0.4, 0.5) is 0 Å². The van der Waals surface area contributed by atoms with Crippen LogP contribution >= 0.6 is 11.3 Å². The summed E-state index contributed by atoms with van der Waals surface area (Å²) in [6, 6.07) is 6.87. The average Bonchev–Trinajstić information content (AvgIpc) is 3.21. The van der Waals surface area contributed by atoms with Crippen molar-refractivity contribution in [3.8, 4) is 11.3 Å². The molecule has 5 heteroatoms. The molecule has 0 aromatic carbocycles. The molecule has 4 rings (SSSR count). The van der Waals surface area contributed by atoms with E-state index in [9.17, 15) is 4.79 Å². The minimum Gasteiger partial charge on any atom is -0.451 e. The first-order valence-electron chi connectivity index (χ1n) is 6.99. The van der Waals surface area contributed by atoms with Gasteiger partial charge < -0.3 is 15.1 Å². The maximum absolute atomic E-state index is 12.2. The van der Waals surface area contributed by atoms with Crippen LogP contribution in [0.1, 0.15) is 29.8 Å². The van der Waals surface area contributed by atoms with Gasteiger partial charge in [-0.3, -0.25) is 4.79 Å². The van der Waals surface area contributed by atoms with Gasteiger partial charge in [0.05, 0.1) is 0 Å². The molecular formula is C15H16N2O2S. The normalized spacial score (nSPS) is 27.9. The molecule has 1 amide bonds. The Morgan fingerprint density at radius 3 is 3.00 bits per heavy atom. The van der Waals surface area contributed by atoms with Gasteiger partial charge in [0.2, 0.25) is 0 Å². The molecule has 2 aromatic heterocycles. The molecule has 2 aromatic rings. The van der Waals surface area contributed by atoms with Gasteiger partial charge in [0.1, 0.15) is 5.76 Å². The minimum absolute atomic E-state index is 0.106. The molecule has 2 N–H and O–H groups in total. The van der Waals surface area contributed by atoms with Crippen molar-refractivity contribution in [3.63, 3.8) is 0 Å². The van der Waals surface area contributed by atoms with Gasteiger partial charge in [-0.05, 0) is 42.8 Å². The van der Waals surface area contributed by atoms with Crippen LogP contribution in [0, 0.1) is 0 Å². The number of nitrogens with one attached hydrogen (secondary N) is 2. The average molecular weight is 288 g/mol. The lowest BCUT2D eigenvalue weighted by molar-refractivity contribution is 0.0903. The summed E-state index contributed by atoms with van der Waals surface area (Å²) < 4.78 is 5.65. The van der Waals surface area contributed by atoms with E-state index in [-0.39, 0.29) is 11.9 Å². The number of furan rings is 1. The fourth-order valence-electron chi connectivity index (χ4n) is 3.24. The van der Waals surface area contributed by atoms with Crippen molar-refractivity contribution in [1.29, 1.82) is 0 Å². The fourth-order valence-corrected chi connectivity index (χ4v) is 3.89. The second kappa shape index (κ2) is 4.75. The van der Waals surface area contributed by atoms with Crippen molar-refractivity contribution < 1.29 is 9.21 Å². The first-order valence-corrected chi connectivity index (χ1v) is 7.93. The second-order valence-electron chi connectivity index (χ2n) is 5.54. The highest BCUT2D eigenvalue weighted by atomic mass is 32.1. The highest BCUT2D eigenvalue weighted by Gasteiger charge is 2.39. The van der Waals surface area contributed by atoms with Crippen molar-refractivity contribution in [3.05, 3.63) is 34.7 Å². The Bertz CT molecular complexity index is 620. The zero-order valence-electron chi connectivity index (χ0n) is 11.0. The van der Waals surface area contributed by atoms with Crippen LogP contribution in [0.15, 0.2) is 33.4 Å². The molecule has 3 atom stereocenters. The van der Waals surface area contributed by atoms with Gasteiger partial charge in [0.15, 0.2) is 5.76 Å². The highest BCUT2D eigenvalue weighted by Crippen LogP contribution is 2.29. The van der Waals surface area contributed by atoms with E-state index in [0.29, 0.717) is 17.8 Å². The van der Waals surface area contributed by atoms with Crippen LogP contribution in [0.3, 0.4) is 0 Å². The lowest BCUT2D eigenvalue weighted by atomic mass is 9.95. The largest absolute Gasteiger partial charge is 0.451 e. The number of hydrogen-bond donors (Lipinski definition) is 2. The van der Waals surface area contributed by atoms with Crippen LogP contribution in [-0.2, 0) is 0 Å². The van der Waals surface area contributed by atoms with Crippen LogP contribution in [-0.4, -0.2) is 24.0 Å². The first kappa shape index (κ1) is 12.2. The third-order valence-corrected chi connectivity index (χ3v) is 4.94. The molecule has 4 heterocycles. The topological polar surface area (TPSA) is 54.3 Å². The smallest absolute Gasteiger partial charge is 0.287 e. The van der Waals surface area contributed by atoms with Gasteiger partial charge in [-0.25, -0.2) is 0 Å². The van der Waals surface area contributed by atoms with E-state index in [1.807, 2.05) is 22.9 Å². The van der Waals surface area contributed by atoms with Crippen LogP contribution < -0.4 is 10.6 Å². The molecule has 2 saturated heterocycles. The van der Waals surface area contributed by atoms with Crippen molar-refractivity contribution in [2.45, 2.75) is 37.4 Å². The molecule has 104 valence electrons. The lowest BCUT2D eigenvalue weighted by Gasteiger charge is -2.20. The molecule has 20 heavy (non-hydrogen) atoms. The predicted octanol–water partition coefficient (Wildman–Crippen LogP) is 2.63. The highest BCUT2D eigenvalue weighted by molar-refractivity contribution is 7.08. The quantitative estimate of drug-likeness (QED) is 0.913. The lowest BCUT2D eigenvalue weighted by Crippen LogP contribution is -2.42. The van der Waals surface area contributed by atoms with Crippen molar-refractivity contribution in [1.82, 2.24) is 10.6 Å². The first-order chi connectivity index (χ1) is 9.79. The molecular weight excluding hydrogens is 272 g/mol. The molecule has 2 aliphatic heterocycles. The molecule has 4 nitrogen and oxygen atoms in total. The Morgan fingerprint density at radius 1 is 1.35 bits per heavy atom. The fraction of sp³-hybridized carbons (Fsp3) is 0.400. The molecule has 0 radical (unpaired) electrons. The molecule has 2 aliphatic rings. The van der Waals surface area contributed by atoms with E-state index in [4.69, 9.17) is 4.42 Å². The summed E-state index contributed by atoms with van der Waals surface area (Å²) in [5.74, 6) is 1.04. The molecule has 3 unspecified atom stereocenters. The van der Waals surface area contributed by atoms with E-state index in [2.05, 4.69) is 10.6 Å². The summed E-state index contributed by atoms with van der Waals surface area (Å²) in [5.41, 5.74) is 1.02. The summed E-state index contributed by atoms with van der Waals surface area (Å²) in [7, 11) is 0. The summed E-state index contributed by atoms with van der Waals surface area (Å²) in [6.45, 7) is 0. The van der Waals surface area contributed by atoms with E-state index >= 15 is 0 Å². The number of fused-ring (bicyclic) bond motifs is 2. The van der Waals surface area contributed by atoms with Gasteiger partial charge in [-0.15, -0.1) is 0 Å². The minimum atomic E-state index is -0.106. The van der Waals surface area contributed by atoms with Gasteiger partial charge in [-0.2, -0.15) is 11.3 Å². The van der Waals surface area contributed by atoms with Crippen molar-refractivity contribution in [2.24, 2.45) is 0 Å². The van der Waals surface area contributed by atoms with Crippen molar-refractivity contribution >= 4 is 17.2 Å². The monoisotopic (exact) mass is 288 g/mol. The Kier molecular flexibility index (Phi) is 2.89. The Hall–Kier alpha value is -1.59. The maximum atomic E-state index is 12.2. The number of amides is 1. The summed E-state index contributed by atoms with van der Waals surface area (Å²) in [4.78, 5) is 12.2. The Balaban J connectivity index is 1.46. The van der Waals surface area contributed by atoms with Crippen LogP contribution in [0.25, 0.3) is 11.3 Å². The molecule has 0 spiro atoms. The van der Waals surface area contributed by atoms with Gasteiger partial charge >= 0.3 is 0 Å². The molecule has 0 aliphatic carbocycles. The zero-order valence-corrected chi connectivity index (χ0v) is 11.8. The molecule has 2 fully saturated rings. The van der Waals surface area contributed by atoms with Crippen molar-refractivity contribution in [2.75, 3.05) is 0 Å². The van der Waals surface area contributed by atoms with E-state index in [0.717, 1.165) is 24.2 Å². The zero-order chi connectivity index (χ0) is 13.5. The Labute approximate surface area is 121 Å². The number of hydrogen-bond acceptors (Lipinski definition) is 4. The number of carbonyl (C=O) groups excluding carboxylic acids is 1. The summed E-state index contributed by atoms with van der Waals surface area (Å²) in [5, 5.41) is 10.6. The summed E-state index contributed by atoms with van der Waals surface area (Å²) in [6.07, 6.45) is 3.43. The van der Waals surface area contributed by atoms with Gasteiger partial charge in [0.25, 0.3) is 5.91 Å². The standard InChI is InChI=1S/C15H16N2O2S/c18-15(17-12-7-10-1-2-11(12)16-10)14-4-3-13(19-14)9-5-6-20-8-9/h3-6,8,10-12,16H,1-2,7H2,(H,17,18).